The Hall–Kier alpha value is -3.78. The lowest BCUT2D eigenvalue weighted by atomic mass is 10.0. The summed E-state index contributed by atoms with van der Waals surface area (Å²) in [7, 11) is 0. The van der Waals surface area contributed by atoms with E-state index in [2.05, 4.69) is 34.3 Å². The molecule has 0 saturated carbocycles. The van der Waals surface area contributed by atoms with Gasteiger partial charge >= 0.3 is 11.9 Å². The van der Waals surface area contributed by atoms with Crippen LogP contribution in [0.1, 0.15) is 33.2 Å². The van der Waals surface area contributed by atoms with Crippen LogP contribution in [0, 0.1) is 0 Å². The molecule has 4 rings (SSSR count). The van der Waals surface area contributed by atoms with Gasteiger partial charge in [-0.3, -0.25) is 0 Å². The van der Waals surface area contributed by atoms with Gasteiger partial charge in [0.2, 0.25) is 0 Å². The highest BCUT2D eigenvalue weighted by Crippen LogP contribution is 2.37. The maximum absolute atomic E-state index is 11.4. The molecule has 0 bridgehead atoms. The summed E-state index contributed by atoms with van der Waals surface area (Å²) in [6.07, 6.45) is 2.37. The summed E-state index contributed by atoms with van der Waals surface area (Å²) in [4.78, 5) is 32.2. The first-order valence-corrected chi connectivity index (χ1v) is 10.0. The summed E-state index contributed by atoms with van der Waals surface area (Å²) >= 11 is 1.48. The van der Waals surface area contributed by atoms with Crippen molar-refractivity contribution >= 4 is 45.0 Å². The van der Waals surface area contributed by atoms with Gasteiger partial charge < -0.3 is 15.5 Å². The molecular formula is C22H17N3O4S. The average molecular weight is 419 g/mol. The van der Waals surface area contributed by atoms with Crippen molar-refractivity contribution in [3.05, 3.63) is 70.9 Å². The molecule has 2 aromatic heterocycles. The minimum absolute atomic E-state index is 0.122. The van der Waals surface area contributed by atoms with Gasteiger partial charge in [-0.25, -0.2) is 19.6 Å². The number of fused-ring (bicyclic) bond motifs is 1. The van der Waals surface area contributed by atoms with Gasteiger partial charge in [0.15, 0.2) is 0 Å². The highest BCUT2D eigenvalue weighted by Gasteiger charge is 2.16. The molecule has 0 radical (unpaired) electrons. The van der Waals surface area contributed by atoms with Crippen molar-refractivity contribution in [3.8, 4) is 11.1 Å². The Kier molecular flexibility index (Phi) is 5.16. The monoisotopic (exact) mass is 419 g/mol. The van der Waals surface area contributed by atoms with Crippen molar-refractivity contribution in [2.45, 2.75) is 13.3 Å². The number of carboxylic acids is 2. The Morgan fingerprint density at radius 2 is 1.67 bits per heavy atom. The minimum atomic E-state index is -1.21. The van der Waals surface area contributed by atoms with Gasteiger partial charge in [-0.1, -0.05) is 31.2 Å². The molecule has 150 valence electrons. The van der Waals surface area contributed by atoms with Gasteiger partial charge in [0, 0.05) is 16.6 Å². The first-order valence-electron chi connectivity index (χ1n) is 9.16. The largest absolute Gasteiger partial charge is 0.478 e. The van der Waals surface area contributed by atoms with Crippen LogP contribution in [-0.2, 0) is 6.42 Å². The zero-order valence-electron chi connectivity index (χ0n) is 15.9. The molecule has 30 heavy (non-hydrogen) atoms. The molecule has 0 aliphatic heterocycles. The number of thiophene rings is 1. The maximum atomic E-state index is 11.4. The second kappa shape index (κ2) is 7.92. The summed E-state index contributed by atoms with van der Waals surface area (Å²) in [6, 6.07) is 12.1. The highest BCUT2D eigenvalue weighted by molar-refractivity contribution is 7.17. The molecule has 0 atom stereocenters. The number of aromatic carboxylic acids is 2. The molecule has 4 aromatic rings. The van der Waals surface area contributed by atoms with E-state index >= 15 is 0 Å². The summed E-state index contributed by atoms with van der Waals surface area (Å²) < 4.78 is 0. The van der Waals surface area contributed by atoms with Crippen molar-refractivity contribution in [1.29, 1.82) is 0 Å². The van der Waals surface area contributed by atoms with Crippen molar-refractivity contribution in [1.82, 2.24) is 9.97 Å². The van der Waals surface area contributed by atoms with Gasteiger partial charge in [-0.05, 0) is 35.7 Å². The summed E-state index contributed by atoms with van der Waals surface area (Å²) in [5, 5.41) is 24.5. The number of carbonyl (C=O) groups is 2. The molecule has 3 N–H and O–H groups in total. The highest BCUT2D eigenvalue weighted by atomic mass is 32.1. The van der Waals surface area contributed by atoms with Crippen molar-refractivity contribution in [2.24, 2.45) is 0 Å². The molecule has 0 fully saturated rings. The summed E-state index contributed by atoms with van der Waals surface area (Å²) in [6.45, 7) is 2.10. The van der Waals surface area contributed by atoms with Crippen LogP contribution < -0.4 is 5.32 Å². The van der Waals surface area contributed by atoms with Crippen LogP contribution in [0.25, 0.3) is 21.3 Å². The zero-order valence-corrected chi connectivity index (χ0v) is 16.7. The second-order valence-electron chi connectivity index (χ2n) is 6.64. The Bertz CT molecular complexity index is 1230. The third-order valence-electron chi connectivity index (χ3n) is 4.73. The van der Waals surface area contributed by atoms with E-state index in [0.29, 0.717) is 11.5 Å². The Labute approximate surface area is 175 Å². The molecule has 7 nitrogen and oxygen atoms in total. The van der Waals surface area contributed by atoms with Crippen LogP contribution in [0.3, 0.4) is 0 Å². The fourth-order valence-electron chi connectivity index (χ4n) is 3.19. The summed E-state index contributed by atoms with van der Waals surface area (Å²) in [5.74, 6) is -1.93. The topological polar surface area (TPSA) is 112 Å². The molecule has 0 unspecified atom stereocenters. The molecule has 0 amide bonds. The van der Waals surface area contributed by atoms with Crippen molar-refractivity contribution < 1.29 is 19.8 Å². The van der Waals surface area contributed by atoms with Crippen molar-refractivity contribution in [3.63, 3.8) is 0 Å². The number of nitrogens with one attached hydrogen (secondary N) is 1. The van der Waals surface area contributed by atoms with Gasteiger partial charge in [-0.15, -0.1) is 11.3 Å². The molecule has 0 spiro atoms. The third kappa shape index (κ3) is 3.72. The normalized spacial score (nSPS) is 10.8. The van der Waals surface area contributed by atoms with Crippen LogP contribution in [0.15, 0.2) is 54.2 Å². The van der Waals surface area contributed by atoms with Crippen LogP contribution in [0.4, 0.5) is 11.5 Å². The first-order chi connectivity index (χ1) is 14.5. The van der Waals surface area contributed by atoms with Gasteiger partial charge in [0.25, 0.3) is 0 Å². The third-order valence-corrected chi connectivity index (χ3v) is 5.62. The van der Waals surface area contributed by atoms with Gasteiger partial charge in [0.05, 0.1) is 16.5 Å². The second-order valence-corrected chi connectivity index (χ2v) is 7.49. The molecule has 8 heteroatoms. The van der Waals surface area contributed by atoms with E-state index in [1.54, 1.807) is 0 Å². The van der Waals surface area contributed by atoms with E-state index in [1.807, 2.05) is 17.5 Å². The number of carboxylic acid groups (broad SMARTS) is 2. The lowest BCUT2D eigenvalue weighted by Gasteiger charge is -2.10. The number of hydrogen-bond acceptors (Lipinski definition) is 6. The van der Waals surface area contributed by atoms with Gasteiger partial charge in [-0.2, -0.15) is 0 Å². The van der Waals surface area contributed by atoms with Crippen LogP contribution in [0.5, 0.6) is 0 Å². The maximum Gasteiger partial charge on any atom is 0.335 e. The molecule has 0 aliphatic carbocycles. The van der Waals surface area contributed by atoms with E-state index in [0.717, 1.165) is 33.8 Å². The number of hydrogen-bond donors (Lipinski definition) is 3. The van der Waals surface area contributed by atoms with E-state index in [-0.39, 0.29) is 11.1 Å². The number of aryl methyl sites for hydroxylation is 1. The van der Waals surface area contributed by atoms with Gasteiger partial charge in [0.1, 0.15) is 17.0 Å². The zero-order chi connectivity index (χ0) is 21.3. The number of nitrogens with zero attached hydrogens (tertiary/aromatic N) is 2. The van der Waals surface area contributed by atoms with Crippen molar-refractivity contribution in [2.75, 3.05) is 5.32 Å². The first kappa shape index (κ1) is 19.5. The average Bonchev–Trinajstić information content (AvgIpc) is 3.19. The molecule has 0 saturated heterocycles. The Morgan fingerprint density at radius 3 is 2.27 bits per heavy atom. The molecule has 0 aliphatic rings. The minimum Gasteiger partial charge on any atom is -0.478 e. The predicted molar refractivity (Wildman–Crippen MR) is 116 cm³/mol. The summed E-state index contributed by atoms with van der Waals surface area (Å²) in [5.41, 5.74) is 3.28. The van der Waals surface area contributed by atoms with Crippen LogP contribution in [0.2, 0.25) is 0 Å². The van der Waals surface area contributed by atoms with Crippen LogP contribution >= 0.6 is 11.3 Å². The van der Waals surface area contributed by atoms with E-state index < -0.39 is 11.9 Å². The Balaban J connectivity index is 1.81. The number of benzene rings is 2. The molecular weight excluding hydrogens is 402 g/mol. The lowest BCUT2D eigenvalue weighted by Crippen LogP contribution is -2.05. The number of aromatic nitrogens is 2. The standard InChI is InChI=1S/C22H17N3O4S/c1-2-12-3-5-13(6-4-12)17-10-30-20-18(17)19(23-11-24-20)25-16-8-14(21(26)27)7-15(9-16)22(28)29/h3-11H,2H2,1H3,(H,26,27)(H,28,29)(H,23,24,25). The molecule has 2 aromatic carbocycles. The molecule has 2 heterocycles. The fraction of sp³-hybridized carbons (Fsp3) is 0.0909. The van der Waals surface area contributed by atoms with E-state index in [4.69, 9.17) is 0 Å². The van der Waals surface area contributed by atoms with E-state index in [1.165, 1.54) is 35.4 Å². The number of rotatable bonds is 6. The number of anilines is 2. The quantitative estimate of drug-likeness (QED) is 0.400. The lowest BCUT2D eigenvalue weighted by molar-refractivity contribution is 0.0696. The fourth-order valence-corrected chi connectivity index (χ4v) is 4.10. The smallest absolute Gasteiger partial charge is 0.335 e. The van der Waals surface area contributed by atoms with E-state index in [9.17, 15) is 19.8 Å². The predicted octanol–water partition coefficient (Wildman–Crippen LogP) is 5.06. The Morgan fingerprint density at radius 1 is 1.00 bits per heavy atom. The SMILES string of the molecule is CCc1ccc(-c2csc3ncnc(Nc4cc(C(=O)O)cc(C(=O)O)c4)c23)cc1. The van der Waals surface area contributed by atoms with Crippen LogP contribution in [-0.4, -0.2) is 32.1 Å².